The average molecular weight is 644 g/mol. The first-order valence-electron chi connectivity index (χ1n) is 9.03. The van der Waals surface area contributed by atoms with Crippen molar-refractivity contribution in [2.75, 3.05) is 19.8 Å². The number of ether oxygens (including phenoxy) is 2. The zero-order chi connectivity index (χ0) is 27.4. The number of hydrogen-bond donors (Lipinski definition) is 3. The maximum Gasteiger partial charge on any atom is 0.422 e. The third kappa shape index (κ3) is 13.2. The van der Waals surface area contributed by atoms with Crippen molar-refractivity contribution in [1.82, 2.24) is 0 Å². The van der Waals surface area contributed by atoms with Crippen LogP contribution in [0.1, 0.15) is 27.6 Å². The molecule has 0 radical (unpaired) electrons. The minimum Gasteiger partial charge on any atom is -0.506 e. The molecule has 0 aliphatic rings. The lowest BCUT2D eigenvalue weighted by Gasteiger charge is -2.15. The number of aromatic hydroxyl groups is 2. The number of phenols is 2. The van der Waals surface area contributed by atoms with E-state index >= 15 is 0 Å². The summed E-state index contributed by atoms with van der Waals surface area (Å²) in [5, 5.41) is 26.3. The van der Waals surface area contributed by atoms with E-state index in [2.05, 4.69) is 41.3 Å². The van der Waals surface area contributed by atoms with Gasteiger partial charge in [0, 0.05) is 17.7 Å². The van der Waals surface area contributed by atoms with Crippen LogP contribution in [-0.2, 0) is 0 Å². The molecular weight excluding hydrogens is 626 g/mol. The summed E-state index contributed by atoms with van der Waals surface area (Å²) in [7, 11) is 0. The number of halogens is 8. The Balaban J connectivity index is 0.000000687. The lowest BCUT2D eigenvalue weighted by molar-refractivity contribution is -0.154. The largest absolute Gasteiger partial charge is 0.506 e. The molecule has 0 amide bonds. The fraction of sp³-hybridized carbons (Fsp3) is 0.300. The first-order valence-corrected chi connectivity index (χ1v) is 10.6. The summed E-state index contributed by atoms with van der Waals surface area (Å²) in [5.74, 6) is -2.58. The lowest BCUT2D eigenvalue weighted by Crippen LogP contribution is -2.20. The quantitative estimate of drug-likeness (QED) is 0.269. The summed E-state index contributed by atoms with van der Waals surface area (Å²) in [6.45, 7) is -1.65. The number of carbonyl (C=O) groups is 2. The van der Waals surface area contributed by atoms with E-state index in [9.17, 15) is 46.1 Å². The third-order valence-corrected chi connectivity index (χ3v) is 4.37. The van der Waals surface area contributed by atoms with E-state index < -0.39 is 42.8 Å². The molecule has 0 aliphatic heterocycles. The zero-order valence-corrected chi connectivity index (χ0v) is 20.8. The van der Waals surface area contributed by atoms with Crippen molar-refractivity contribution in [2.24, 2.45) is 0 Å². The SMILES string of the molecule is CCO.O=Cc1cc(Br)c(O)c(Br)c1.O=Cc1cc(OCC(F)(F)F)c(O)c(OCC(F)(F)F)c1. The van der Waals surface area contributed by atoms with Crippen LogP contribution in [0.25, 0.3) is 0 Å². The number of carbonyl (C=O) groups excluding carboxylic acids is 2. The van der Waals surface area contributed by atoms with Crippen molar-refractivity contribution in [3.63, 3.8) is 0 Å². The van der Waals surface area contributed by atoms with Crippen LogP contribution in [0.5, 0.6) is 23.0 Å². The number of phenolic OH excluding ortho intramolecular Hbond substituents is 2. The molecule has 0 aliphatic carbocycles. The van der Waals surface area contributed by atoms with Crippen LogP contribution in [-0.4, -0.2) is 60.1 Å². The normalized spacial score (nSPS) is 10.8. The van der Waals surface area contributed by atoms with Gasteiger partial charge in [-0.15, -0.1) is 0 Å². The van der Waals surface area contributed by atoms with Crippen molar-refractivity contribution < 1.29 is 60.7 Å². The van der Waals surface area contributed by atoms with E-state index in [1.165, 1.54) is 0 Å². The maximum atomic E-state index is 12.0. The van der Waals surface area contributed by atoms with Crippen molar-refractivity contribution in [2.45, 2.75) is 19.3 Å². The van der Waals surface area contributed by atoms with E-state index in [0.717, 1.165) is 18.4 Å². The smallest absolute Gasteiger partial charge is 0.422 e. The van der Waals surface area contributed by atoms with Gasteiger partial charge in [-0.1, -0.05) is 0 Å². The molecule has 0 aromatic heterocycles. The Bertz CT molecular complexity index is 919. The van der Waals surface area contributed by atoms with Crippen LogP contribution in [0.3, 0.4) is 0 Å². The van der Waals surface area contributed by atoms with Gasteiger partial charge in [0.2, 0.25) is 5.75 Å². The lowest BCUT2D eigenvalue weighted by atomic mass is 10.2. The third-order valence-electron chi connectivity index (χ3n) is 3.16. The first-order chi connectivity index (χ1) is 16.1. The van der Waals surface area contributed by atoms with Gasteiger partial charge in [0.05, 0.1) is 8.95 Å². The first kappa shape index (κ1) is 32.5. The molecule has 3 N–H and O–H groups in total. The molecule has 0 unspecified atom stereocenters. The standard InChI is InChI=1S/C11H8F6O4.C7H4Br2O2.C2H6O/c12-10(13,14)4-20-7-1-6(3-18)2-8(9(7)19)21-5-11(15,16)17;8-5-1-4(3-10)2-6(9)7(5)11;1-2-3/h1-3,19H,4-5H2;1-3,11H;3H,2H2,1H3. The molecule has 35 heavy (non-hydrogen) atoms. The van der Waals surface area contributed by atoms with Crippen LogP contribution in [0, 0.1) is 0 Å². The highest BCUT2D eigenvalue weighted by atomic mass is 79.9. The molecule has 15 heteroatoms. The molecule has 0 saturated carbocycles. The summed E-state index contributed by atoms with van der Waals surface area (Å²) in [4.78, 5) is 20.9. The van der Waals surface area contributed by atoms with Crippen LogP contribution >= 0.6 is 31.9 Å². The van der Waals surface area contributed by atoms with E-state index in [1.54, 1.807) is 19.1 Å². The van der Waals surface area contributed by atoms with E-state index in [-0.39, 0.29) is 24.2 Å². The fourth-order valence-corrected chi connectivity index (χ4v) is 3.08. The van der Waals surface area contributed by atoms with Crippen molar-refractivity contribution >= 4 is 44.4 Å². The van der Waals surface area contributed by atoms with Gasteiger partial charge in [-0.3, -0.25) is 9.59 Å². The number of aldehydes is 2. The summed E-state index contributed by atoms with van der Waals surface area (Å²) in [5.41, 5.74) is 0.198. The van der Waals surface area contributed by atoms with Gasteiger partial charge in [-0.05, 0) is 63.0 Å². The Kier molecular flexibility index (Phi) is 13.7. The van der Waals surface area contributed by atoms with Crippen LogP contribution < -0.4 is 9.47 Å². The van der Waals surface area contributed by atoms with E-state index in [1.807, 2.05) is 0 Å². The van der Waals surface area contributed by atoms with Gasteiger partial charge in [0.1, 0.15) is 18.3 Å². The summed E-state index contributed by atoms with van der Waals surface area (Å²) >= 11 is 6.20. The fourth-order valence-electron chi connectivity index (χ4n) is 1.86. The van der Waals surface area contributed by atoms with Crippen LogP contribution in [0.2, 0.25) is 0 Å². The Morgan fingerprint density at radius 1 is 0.771 bits per heavy atom. The second-order valence-corrected chi connectivity index (χ2v) is 7.77. The molecule has 0 bridgehead atoms. The molecule has 2 aromatic rings. The second-order valence-electron chi connectivity index (χ2n) is 6.06. The van der Waals surface area contributed by atoms with Crippen molar-refractivity contribution in [3.8, 4) is 23.0 Å². The van der Waals surface area contributed by atoms with E-state index in [4.69, 9.17) is 5.11 Å². The minimum atomic E-state index is -4.73. The number of aliphatic hydroxyl groups is 1. The molecular formula is C20H18Br2F6O7. The Hall–Kier alpha value is -2.52. The average Bonchev–Trinajstić information content (AvgIpc) is 2.75. The van der Waals surface area contributed by atoms with Gasteiger partial charge < -0.3 is 24.8 Å². The highest BCUT2D eigenvalue weighted by Crippen LogP contribution is 2.38. The summed E-state index contributed by atoms with van der Waals surface area (Å²) < 4.78 is 81.5. The Labute approximate surface area is 211 Å². The molecule has 7 nitrogen and oxygen atoms in total. The Morgan fingerprint density at radius 2 is 1.09 bits per heavy atom. The number of hydrogen-bond acceptors (Lipinski definition) is 7. The molecule has 196 valence electrons. The van der Waals surface area contributed by atoms with Gasteiger partial charge in [-0.25, -0.2) is 0 Å². The summed E-state index contributed by atoms with van der Waals surface area (Å²) in [6.07, 6.45) is -8.58. The Morgan fingerprint density at radius 3 is 1.37 bits per heavy atom. The predicted octanol–water partition coefficient (Wildman–Crippen LogP) is 5.82. The molecule has 0 spiro atoms. The van der Waals surface area contributed by atoms with Crippen molar-refractivity contribution in [3.05, 3.63) is 44.3 Å². The summed E-state index contributed by atoms with van der Waals surface area (Å²) in [6, 6.07) is 4.59. The van der Waals surface area contributed by atoms with E-state index in [0.29, 0.717) is 14.5 Å². The van der Waals surface area contributed by atoms with Crippen LogP contribution in [0.15, 0.2) is 33.2 Å². The molecule has 2 rings (SSSR count). The highest BCUT2D eigenvalue weighted by Gasteiger charge is 2.31. The number of benzene rings is 2. The predicted molar refractivity (Wildman–Crippen MR) is 118 cm³/mol. The molecule has 0 saturated heterocycles. The van der Waals surface area contributed by atoms with Gasteiger partial charge in [-0.2, -0.15) is 26.3 Å². The molecule has 2 aromatic carbocycles. The molecule has 0 fully saturated rings. The highest BCUT2D eigenvalue weighted by molar-refractivity contribution is 9.11. The minimum absolute atomic E-state index is 0.107. The van der Waals surface area contributed by atoms with Gasteiger partial charge in [0.25, 0.3) is 0 Å². The maximum absolute atomic E-state index is 12.0. The molecule has 0 heterocycles. The number of aliphatic hydroxyl groups excluding tert-OH is 1. The monoisotopic (exact) mass is 642 g/mol. The van der Waals surface area contributed by atoms with Crippen LogP contribution in [0.4, 0.5) is 26.3 Å². The molecule has 0 atom stereocenters. The second kappa shape index (κ2) is 14.8. The topological polar surface area (TPSA) is 113 Å². The number of rotatable bonds is 6. The number of alkyl halides is 6. The van der Waals surface area contributed by atoms with Crippen molar-refractivity contribution in [1.29, 1.82) is 0 Å². The van der Waals surface area contributed by atoms with Gasteiger partial charge in [0.15, 0.2) is 24.7 Å². The van der Waals surface area contributed by atoms with Gasteiger partial charge >= 0.3 is 12.4 Å². The zero-order valence-electron chi connectivity index (χ0n) is 17.6.